The van der Waals surface area contributed by atoms with Crippen molar-refractivity contribution < 1.29 is 4.74 Å². The van der Waals surface area contributed by atoms with E-state index in [4.69, 9.17) is 10.5 Å². The zero-order valence-corrected chi connectivity index (χ0v) is 11.8. The third-order valence-corrected chi connectivity index (χ3v) is 4.48. The third kappa shape index (κ3) is 2.44. The highest BCUT2D eigenvalue weighted by Gasteiger charge is 2.32. The van der Waals surface area contributed by atoms with E-state index in [1.807, 2.05) is 6.92 Å². The van der Waals surface area contributed by atoms with Gasteiger partial charge in [0.25, 0.3) is 0 Å². The molecule has 3 heteroatoms. The van der Waals surface area contributed by atoms with Crippen molar-refractivity contribution >= 4 is 5.69 Å². The largest absolute Gasteiger partial charge is 0.494 e. The third-order valence-electron chi connectivity index (χ3n) is 4.48. The topological polar surface area (TPSA) is 38.5 Å². The minimum atomic E-state index is 0.185. The van der Waals surface area contributed by atoms with E-state index < -0.39 is 0 Å². The summed E-state index contributed by atoms with van der Waals surface area (Å²) in [5, 5.41) is 0. The fraction of sp³-hybridized carbons (Fsp3) is 0.625. The van der Waals surface area contributed by atoms with Crippen LogP contribution in [0.4, 0.5) is 5.69 Å². The molecule has 2 aliphatic heterocycles. The van der Waals surface area contributed by atoms with Gasteiger partial charge in [-0.25, -0.2) is 0 Å². The number of benzene rings is 1. The average Bonchev–Trinajstić information content (AvgIpc) is 2.41. The van der Waals surface area contributed by atoms with E-state index >= 15 is 0 Å². The van der Waals surface area contributed by atoms with Gasteiger partial charge in [-0.05, 0) is 43.7 Å². The first-order chi connectivity index (χ1) is 9.29. The standard InChI is InChI=1S/C16H24N2O/c1-2-19-14-8-7-12-10-13-6-4-3-5-9-18(16(13)17)15(12)11-14/h7-8,11,13,16H,2-6,9-10,17H2,1H3/t13-,16+/m0/s1. The zero-order valence-electron chi connectivity index (χ0n) is 11.8. The van der Waals surface area contributed by atoms with Gasteiger partial charge in [-0.2, -0.15) is 0 Å². The van der Waals surface area contributed by atoms with Gasteiger partial charge in [-0.15, -0.1) is 0 Å². The number of ether oxygens (including phenoxy) is 1. The Labute approximate surface area is 115 Å². The number of fused-ring (bicyclic) bond motifs is 4. The maximum Gasteiger partial charge on any atom is 0.121 e. The Kier molecular flexibility index (Phi) is 3.65. The monoisotopic (exact) mass is 260 g/mol. The molecule has 0 unspecified atom stereocenters. The minimum Gasteiger partial charge on any atom is -0.494 e. The van der Waals surface area contributed by atoms with E-state index in [0.717, 1.165) is 18.7 Å². The smallest absolute Gasteiger partial charge is 0.121 e. The Morgan fingerprint density at radius 1 is 1.32 bits per heavy atom. The molecular formula is C16H24N2O. The van der Waals surface area contributed by atoms with Gasteiger partial charge < -0.3 is 15.4 Å². The lowest BCUT2D eigenvalue weighted by Gasteiger charge is -2.43. The Balaban J connectivity index is 1.95. The summed E-state index contributed by atoms with van der Waals surface area (Å²) in [5.74, 6) is 1.58. The molecule has 3 nitrogen and oxygen atoms in total. The maximum absolute atomic E-state index is 6.48. The number of hydrogen-bond donors (Lipinski definition) is 1. The Bertz CT molecular complexity index is 446. The molecular weight excluding hydrogens is 236 g/mol. The fourth-order valence-electron chi connectivity index (χ4n) is 3.47. The van der Waals surface area contributed by atoms with Crippen molar-refractivity contribution in [3.05, 3.63) is 23.8 Å². The van der Waals surface area contributed by atoms with Gasteiger partial charge in [0.2, 0.25) is 0 Å². The van der Waals surface area contributed by atoms with Crippen LogP contribution in [0.15, 0.2) is 18.2 Å². The van der Waals surface area contributed by atoms with Crippen LogP contribution < -0.4 is 15.4 Å². The van der Waals surface area contributed by atoms with Crippen LogP contribution in [0.5, 0.6) is 5.75 Å². The zero-order chi connectivity index (χ0) is 13.2. The van der Waals surface area contributed by atoms with Gasteiger partial charge in [0.1, 0.15) is 5.75 Å². The average molecular weight is 260 g/mol. The van der Waals surface area contributed by atoms with Crippen LogP contribution in [0.3, 0.4) is 0 Å². The van der Waals surface area contributed by atoms with Crippen LogP contribution >= 0.6 is 0 Å². The summed E-state index contributed by atoms with van der Waals surface area (Å²) in [6.07, 6.45) is 6.49. The number of rotatable bonds is 2. The molecule has 2 heterocycles. The van der Waals surface area contributed by atoms with Crippen molar-refractivity contribution in [2.75, 3.05) is 18.1 Å². The summed E-state index contributed by atoms with van der Waals surface area (Å²) < 4.78 is 5.63. The van der Waals surface area contributed by atoms with Gasteiger partial charge in [0.15, 0.2) is 0 Å². The lowest BCUT2D eigenvalue weighted by Crippen LogP contribution is -2.52. The van der Waals surface area contributed by atoms with E-state index in [0.29, 0.717) is 12.5 Å². The lowest BCUT2D eigenvalue weighted by atomic mass is 9.84. The molecule has 3 rings (SSSR count). The molecule has 2 aliphatic rings. The predicted octanol–water partition coefficient (Wildman–Crippen LogP) is 2.92. The number of nitrogens with zero attached hydrogens (tertiary/aromatic N) is 1. The van der Waals surface area contributed by atoms with Crippen LogP contribution in [0.25, 0.3) is 0 Å². The molecule has 0 aromatic heterocycles. The summed E-state index contributed by atoms with van der Waals surface area (Å²) in [6, 6.07) is 6.50. The van der Waals surface area contributed by atoms with Gasteiger partial charge in [-0.3, -0.25) is 0 Å². The first-order valence-electron chi connectivity index (χ1n) is 7.57. The summed E-state index contributed by atoms with van der Waals surface area (Å²) in [5.41, 5.74) is 9.22. The van der Waals surface area contributed by atoms with Crippen LogP contribution in [0.2, 0.25) is 0 Å². The van der Waals surface area contributed by atoms with Gasteiger partial charge in [0, 0.05) is 18.3 Å². The van der Waals surface area contributed by atoms with Crippen molar-refractivity contribution in [3.8, 4) is 5.75 Å². The second kappa shape index (κ2) is 5.41. The van der Waals surface area contributed by atoms with Crippen molar-refractivity contribution in [1.82, 2.24) is 0 Å². The predicted molar refractivity (Wildman–Crippen MR) is 78.6 cm³/mol. The van der Waals surface area contributed by atoms with Crippen LogP contribution in [0.1, 0.15) is 38.2 Å². The fourth-order valence-corrected chi connectivity index (χ4v) is 3.47. The van der Waals surface area contributed by atoms with E-state index in [2.05, 4.69) is 23.1 Å². The van der Waals surface area contributed by atoms with E-state index in [1.54, 1.807) is 0 Å². The Hall–Kier alpha value is -1.22. The van der Waals surface area contributed by atoms with E-state index in [9.17, 15) is 0 Å². The maximum atomic E-state index is 6.48. The minimum absolute atomic E-state index is 0.185. The van der Waals surface area contributed by atoms with Gasteiger partial charge >= 0.3 is 0 Å². The second-order valence-electron chi connectivity index (χ2n) is 5.72. The number of hydrogen-bond acceptors (Lipinski definition) is 3. The summed E-state index contributed by atoms with van der Waals surface area (Å²) >= 11 is 0. The van der Waals surface area contributed by atoms with Crippen LogP contribution in [0, 0.1) is 5.92 Å². The van der Waals surface area contributed by atoms with Crippen LogP contribution in [-0.2, 0) is 6.42 Å². The van der Waals surface area contributed by atoms with Crippen molar-refractivity contribution in [2.24, 2.45) is 11.7 Å². The molecule has 0 aliphatic carbocycles. The molecule has 2 bridgehead atoms. The van der Waals surface area contributed by atoms with E-state index in [1.165, 1.54) is 36.9 Å². The summed E-state index contributed by atoms with van der Waals surface area (Å²) in [4.78, 5) is 2.41. The molecule has 0 spiro atoms. The molecule has 0 amide bonds. The quantitative estimate of drug-likeness (QED) is 0.888. The highest BCUT2D eigenvalue weighted by atomic mass is 16.5. The molecule has 1 aromatic carbocycles. The normalized spacial score (nSPS) is 26.3. The van der Waals surface area contributed by atoms with E-state index in [-0.39, 0.29) is 6.17 Å². The number of anilines is 1. The molecule has 104 valence electrons. The summed E-state index contributed by atoms with van der Waals surface area (Å²) in [6.45, 7) is 3.82. The van der Waals surface area contributed by atoms with Crippen molar-refractivity contribution in [1.29, 1.82) is 0 Å². The van der Waals surface area contributed by atoms with Gasteiger partial charge in [-0.1, -0.05) is 18.9 Å². The highest BCUT2D eigenvalue weighted by molar-refractivity contribution is 5.60. The summed E-state index contributed by atoms with van der Waals surface area (Å²) in [7, 11) is 0. The number of nitrogens with two attached hydrogens (primary N) is 1. The first-order valence-corrected chi connectivity index (χ1v) is 7.57. The molecule has 1 saturated heterocycles. The molecule has 2 N–H and O–H groups in total. The van der Waals surface area contributed by atoms with Crippen molar-refractivity contribution in [3.63, 3.8) is 0 Å². The lowest BCUT2D eigenvalue weighted by molar-refractivity contribution is 0.322. The molecule has 19 heavy (non-hydrogen) atoms. The van der Waals surface area contributed by atoms with Gasteiger partial charge in [0.05, 0.1) is 12.8 Å². The Morgan fingerprint density at radius 3 is 3.05 bits per heavy atom. The molecule has 0 saturated carbocycles. The molecule has 1 fully saturated rings. The van der Waals surface area contributed by atoms with Crippen LogP contribution in [-0.4, -0.2) is 19.3 Å². The highest BCUT2D eigenvalue weighted by Crippen LogP contribution is 2.38. The first kappa shape index (κ1) is 12.8. The molecule has 0 radical (unpaired) electrons. The SMILES string of the molecule is CCOc1ccc2c(c1)N1CCCCC[C@@H](C2)[C@@H]1N. The Morgan fingerprint density at radius 2 is 2.21 bits per heavy atom. The molecule has 2 atom stereocenters. The van der Waals surface area contributed by atoms with Crippen molar-refractivity contribution in [2.45, 2.75) is 45.2 Å². The second-order valence-corrected chi connectivity index (χ2v) is 5.72. The molecule has 1 aromatic rings.